The second-order valence-corrected chi connectivity index (χ2v) is 10.9. The minimum atomic E-state index is -4.46. The molecule has 2 aliphatic carbocycles. The Bertz CT molecular complexity index is 2180. The Kier molecular flexibility index (Phi) is 7.53. The van der Waals surface area contributed by atoms with Gasteiger partial charge in [-0.1, -0.05) is 55.1 Å². The standard InChI is InChI=1S/C37H20F6N4/c1-20-30(28-13-7-24(15-32(28)34(20)46-18-44)22-3-9-26(10-4-22)36(38,39)40)17-31-21(2)35(47-19-45)33-16-25(8-14-29(31)33)23-5-11-27(12-6-23)37(41,42)43/h3-17H,1H2,2H3/b30-17+,46-34?,47-35?. The van der Waals surface area contributed by atoms with Crippen LogP contribution in [0.1, 0.15) is 40.3 Å². The summed E-state index contributed by atoms with van der Waals surface area (Å²) in [5.74, 6) is 0. The summed E-state index contributed by atoms with van der Waals surface area (Å²) in [6, 6.07) is 20.3. The zero-order valence-electron chi connectivity index (χ0n) is 24.4. The second-order valence-electron chi connectivity index (χ2n) is 10.9. The van der Waals surface area contributed by atoms with Gasteiger partial charge in [0.25, 0.3) is 0 Å². The first-order valence-electron chi connectivity index (χ1n) is 14.0. The molecule has 2 aliphatic rings. The van der Waals surface area contributed by atoms with Crippen molar-refractivity contribution >= 4 is 22.6 Å². The molecule has 0 atom stereocenters. The van der Waals surface area contributed by atoms with Gasteiger partial charge >= 0.3 is 12.4 Å². The Morgan fingerprint density at radius 3 is 1.49 bits per heavy atom. The second kappa shape index (κ2) is 11.4. The third kappa shape index (κ3) is 5.55. The Balaban J connectivity index is 1.43. The highest BCUT2D eigenvalue weighted by Crippen LogP contribution is 2.44. The maximum Gasteiger partial charge on any atom is 0.416 e. The van der Waals surface area contributed by atoms with E-state index in [4.69, 9.17) is 0 Å². The number of halogens is 6. The molecule has 230 valence electrons. The normalized spacial score (nSPS) is 16.9. The van der Waals surface area contributed by atoms with Crippen molar-refractivity contribution in [2.24, 2.45) is 9.98 Å². The predicted octanol–water partition coefficient (Wildman–Crippen LogP) is 10.0. The van der Waals surface area contributed by atoms with Crippen LogP contribution in [0.5, 0.6) is 0 Å². The van der Waals surface area contributed by atoms with E-state index in [-0.39, 0.29) is 0 Å². The van der Waals surface area contributed by atoms with Gasteiger partial charge < -0.3 is 0 Å². The smallest absolute Gasteiger partial charge is 0.173 e. The molecular weight excluding hydrogens is 614 g/mol. The summed E-state index contributed by atoms with van der Waals surface area (Å²) < 4.78 is 78.6. The number of benzene rings is 4. The van der Waals surface area contributed by atoms with Crippen LogP contribution >= 0.6 is 0 Å². The van der Waals surface area contributed by atoms with E-state index in [1.54, 1.807) is 43.4 Å². The van der Waals surface area contributed by atoms with Gasteiger partial charge in [-0.05, 0) is 99.5 Å². The van der Waals surface area contributed by atoms with Gasteiger partial charge in [0.15, 0.2) is 0 Å². The van der Waals surface area contributed by atoms with Gasteiger partial charge in [-0.25, -0.2) is 0 Å². The summed E-state index contributed by atoms with van der Waals surface area (Å²) in [5, 5.41) is 18.9. The lowest BCUT2D eigenvalue weighted by Gasteiger charge is -2.10. The number of nitrogens with zero attached hydrogens (tertiary/aromatic N) is 4. The van der Waals surface area contributed by atoms with E-state index < -0.39 is 23.5 Å². The molecule has 0 saturated heterocycles. The lowest BCUT2D eigenvalue weighted by atomic mass is 9.95. The molecule has 0 spiro atoms. The van der Waals surface area contributed by atoms with Crippen LogP contribution in [-0.2, 0) is 12.4 Å². The van der Waals surface area contributed by atoms with Crippen LogP contribution in [0.3, 0.4) is 0 Å². The van der Waals surface area contributed by atoms with Crippen LogP contribution < -0.4 is 0 Å². The van der Waals surface area contributed by atoms with E-state index in [2.05, 4.69) is 16.6 Å². The minimum absolute atomic E-state index is 0.322. The molecular formula is C37H20F6N4. The molecule has 0 saturated carbocycles. The van der Waals surface area contributed by atoms with Gasteiger partial charge in [-0.2, -0.15) is 46.9 Å². The van der Waals surface area contributed by atoms with Gasteiger partial charge in [0, 0.05) is 16.7 Å². The summed E-state index contributed by atoms with van der Waals surface area (Å²) in [7, 11) is 0. The van der Waals surface area contributed by atoms with Crippen LogP contribution in [0.4, 0.5) is 26.3 Å². The molecule has 0 fully saturated rings. The average Bonchev–Trinajstić information content (AvgIpc) is 3.45. The van der Waals surface area contributed by atoms with Crippen molar-refractivity contribution in [2.45, 2.75) is 19.3 Å². The van der Waals surface area contributed by atoms with Gasteiger partial charge in [0.05, 0.1) is 22.6 Å². The van der Waals surface area contributed by atoms with Crippen molar-refractivity contribution in [1.82, 2.24) is 0 Å². The molecule has 0 N–H and O–H groups in total. The monoisotopic (exact) mass is 634 g/mol. The van der Waals surface area contributed by atoms with E-state index in [0.29, 0.717) is 67.1 Å². The fraction of sp³-hybridized carbons (Fsp3) is 0.0811. The molecule has 0 aromatic heterocycles. The number of alkyl halides is 6. The van der Waals surface area contributed by atoms with E-state index in [1.165, 1.54) is 24.3 Å². The Labute approximate surface area is 265 Å². The SMILES string of the molecule is C=C1C(=NC#N)c2cc(-c3ccc(C(F)(F)F)cc3)ccc2/C1=C/C1=C(C)C(=NC#N)c2cc(-c3ccc(C(F)(F)F)cc3)ccc21. The topological polar surface area (TPSA) is 72.3 Å². The molecule has 10 heteroatoms. The zero-order chi connectivity index (χ0) is 33.7. The van der Waals surface area contributed by atoms with E-state index in [0.717, 1.165) is 35.4 Å². The lowest BCUT2D eigenvalue weighted by Crippen LogP contribution is -2.04. The molecule has 47 heavy (non-hydrogen) atoms. The molecule has 0 aliphatic heterocycles. The summed E-state index contributed by atoms with van der Waals surface area (Å²) in [6.07, 6.45) is -3.42. The number of nitriles is 2. The summed E-state index contributed by atoms with van der Waals surface area (Å²) >= 11 is 0. The lowest BCUT2D eigenvalue weighted by molar-refractivity contribution is -0.138. The number of hydrogen-bond acceptors (Lipinski definition) is 4. The number of hydrogen-bond donors (Lipinski definition) is 0. The maximum atomic E-state index is 13.1. The number of rotatable bonds is 3. The minimum Gasteiger partial charge on any atom is -0.173 e. The van der Waals surface area contributed by atoms with Gasteiger partial charge in [-0.3, -0.25) is 0 Å². The first kappa shape index (κ1) is 31.0. The fourth-order valence-corrected chi connectivity index (χ4v) is 5.86. The summed E-state index contributed by atoms with van der Waals surface area (Å²) in [4.78, 5) is 8.06. The third-order valence-electron chi connectivity index (χ3n) is 8.20. The Morgan fingerprint density at radius 1 is 0.596 bits per heavy atom. The van der Waals surface area contributed by atoms with E-state index in [9.17, 15) is 36.9 Å². The number of allylic oxidation sites excluding steroid dienone is 5. The molecule has 0 unspecified atom stereocenters. The molecule has 6 rings (SSSR count). The van der Waals surface area contributed by atoms with E-state index in [1.807, 2.05) is 18.3 Å². The van der Waals surface area contributed by atoms with Crippen molar-refractivity contribution in [3.63, 3.8) is 0 Å². The molecule has 4 aromatic rings. The highest BCUT2D eigenvalue weighted by molar-refractivity contribution is 6.32. The Hall–Kier alpha value is -6.00. The molecule has 0 heterocycles. The van der Waals surface area contributed by atoms with E-state index >= 15 is 0 Å². The van der Waals surface area contributed by atoms with Crippen LogP contribution in [0.25, 0.3) is 33.4 Å². The molecule has 4 aromatic carbocycles. The van der Waals surface area contributed by atoms with Crippen molar-refractivity contribution in [2.75, 3.05) is 0 Å². The van der Waals surface area contributed by atoms with Crippen LogP contribution in [-0.4, -0.2) is 11.4 Å². The average molecular weight is 635 g/mol. The highest BCUT2D eigenvalue weighted by atomic mass is 19.4. The number of fused-ring (bicyclic) bond motifs is 2. The van der Waals surface area contributed by atoms with Crippen molar-refractivity contribution < 1.29 is 26.3 Å². The van der Waals surface area contributed by atoms with Gasteiger partial charge in [0.1, 0.15) is 0 Å². The molecule has 0 amide bonds. The quantitative estimate of drug-likeness (QED) is 0.166. The van der Waals surface area contributed by atoms with Crippen molar-refractivity contribution in [3.05, 3.63) is 142 Å². The molecule has 0 bridgehead atoms. The first-order valence-corrected chi connectivity index (χ1v) is 14.0. The highest BCUT2D eigenvalue weighted by Gasteiger charge is 2.33. The first-order chi connectivity index (χ1) is 22.3. The van der Waals surface area contributed by atoms with Crippen LogP contribution in [0.2, 0.25) is 0 Å². The van der Waals surface area contributed by atoms with Crippen molar-refractivity contribution in [1.29, 1.82) is 10.5 Å². The number of aliphatic imine (C=N–C) groups is 2. The Morgan fingerprint density at radius 2 is 1.02 bits per heavy atom. The summed E-state index contributed by atoms with van der Waals surface area (Å²) in [6.45, 7) is 5.99. The van der Waals surface area contributed by atoms with Gasteiger partial charge in [0.2, 0.25) is 12.4 Å². The van der Waals surface area contributed by atoms with Gasteiger partial charge in [-0.15, -0.1) is 0 Å². The summed E-state index contributed by atoms with van der Waals surface area (Å²) in [5.41, 5.74) is 6.73. The van der Waals surface area contributed by atoms with Crippen LogP contribution in [0, 0.1) is 22.9 Å². The molecule has 0 radical (unpaired) electrons. The van der Waals surface area contributed by atoms with Crippen LogP contribution in [0.15, 0.2) is 119 Å². The maximum absolute atomic E-state index is 13.1. The zero-order valence-corrected chi connectivity index (χ0v) is 24.4. The third-order valence-corrected chi connectivity index (χ3v) is 8.20. The largest absolute Gasteiger partial charge is 0.416 e. The predicted molar refractivity (Wildman–Crippen MR) is 168 cm³/mol. The molecule has 4 nitrogen and oxygen atoms in total. The van der Waals surface area contributed by atoms with Crippen molar-refractivity contribution in [3.8, 4) is 34.6 Å². The fourth-order valence-electron chi connectivity index (χ4n) is 5.86.